The first-order valence-corrected chi connectivity index (χ1v) is 12.1. The molecular weight excluding hydrogens is 332 g/mol. The molecule has 3 rings (SSSR count). The van der Waals surface area contributed by atoms with E-state index in [1.807, 2.05) is 6.07 Å². The van der Waals surface area contributed by atoms with Gasteiger partial charge in [-0.15, -0.1) is 0 Å². The average molecular weight is 355 g/mol. The van der Waals surface area contributed by atoms with Crippen molar-refractivity contribution in [2.75, 3.05) is 31.5 Å². The smallest absolute Gasteiger partial charge is 0.243 e. The molecule has 3 heterocycles. The highest BCUT2D eigenvalue weighted by atomic mass is 35.5. The Balaban J connectivity index is 1.79. The number of nitrogens with zero attached hydrogens (tertiary/aromatic N) is 2. The van der Waals surface area contributed by atoms with Crippen LogP contribution in [0.1, 0.15) is 12.0 Å². The fourth-order valence-electron chi connectivity index (χ4n) is 3.07. The van der Waals surface area contributed by atoms with Crippen molar-refractivity contribution in [3.63, 3.8) is 0 Å². The molecule has 0 radical (unpaired) electrons. The predicted octanol–water partition coefficient (Wildman–Crippen LogP) is 3.05. The molecule has 0 aromatic carbocycles. The summed E-state index contributed by atoms with van der Waals surface area (Å²) < 4.78 is 11.3. The van der Waals surface area contributed by atoms with Crippen LogP contribution in [0, 0.1) is 0 Å². The van der Waals surface area contributed by atoms with Gasteiger partial charge in [0.25, 0.3) is 0 Å². The maximum Gasteiger partial charge on any atom is 0.243 e. The summed E-state index contributed by atoms with van der Waals surface area (Å²) in [5, 5.41) is 0.389. The summed E-state index contributed by atoms with van der Waals surface area (Å²) in [5.41, 5.74) is 0.313. The number of fused-ring (bicyclic) bond motifs is 2. The lowest BCUT2D eigenvalue weighted by Gasteiger charge is -2.22. The van der Waals surface area contributed by atoms with Gasteiger partial charge in [0, 0.05) is 26.9 Å². The van der Waals surface area contributed by atoms with Gasteiger partial charge in [-0.1, -0.05) is 37.3 Å². The van der Waals surface area contributed by atoms with E-state index in [4.69, 9.17) is 21.1 Å². The molecule has 0 N–H and O–H groups in total. The first-order chi connectivity index (χ1) is 10.8. The van der Waals surface area contributed by atoms with Crippen molar-refractivity contribution in [1.29, 1.82) is 0 Å². The highest BCUT2D eigenvalue weighted by Gasteiger charge is 2.54. The van der Waals surface area contributed by atoms with E-state index in [-0.39, 0.29) is 12.6 Å². The maximum absolute atomic E-state index is 13.0. The highest BCUT2D eigenvalue weighted by Crippen LogP contribution is 2.46. The molecular formula is C16H23ClN2O3Si. The molecule has 1 atom stereocenters. The van der Waals surface area contributed by atoms with Gasteiger partial charge in [0.1, 0.15) is 23.1 Å². The van der Waals surface area contributed by atoms with Crippen LogP contribution in [0.5, 0.6) is 0 Å². The SMILES string of the molecule is C[Si](C)(C)CCOCN1C(=O)C2(CCOC2)c2ccc(Cl)nc21. The topological polar surface area (TPSA) is 51.7 Å². The van der Waals surface area contributed by atoms with E-state index >= 15 is 0 Å². The summed E-state index contributed by atoms with van der Waals surface area (Å²) in [6, 6.07) is 4.71. The normalized spacial score (nSPS) is 23.8. The minimum absolute atomic E-state index is 0.0211. The van der Waals surface area contributed by atoms with E-state index in [1.165, 1.54) is 0 Å². The maximum atomic E-state index is 13.0. The van der Waals surface area contributed by atoms with Gasteiger partial charge in [0.05, 0.1) is 6.61 Å². The van der Waals surface area contributed by atoms with Crippen molar-refractivity contribution >= 4 is 31.4 Å². The fourth-order valence-corrected chi connectivity index (χ4v) is 3.97. The van der Waals surface area contributed by atoms with Crippen molar-refractivity contribution in [3.05, 3.63) is 22.8 Å². The second-order valence-corrected chi connectivity index (χ2v) is 13.5. The van der Waals surface area contributed by atoms with Crippen molar-refractivity contribution < 1.29 is 14.3 Å². The lowest BCUT2D eigenvalue weighted by Crippen LogP contribution is -2.42. The molecule has 5 nitrogen and oxygen atoms in total. The average Bonchev–Trinajstić information content (AvgIpc) is 3.03. The third-order valence-corrected chi connectivity index (χ3v) is 6.42. The second kappa shape index (κ2) is 6.16. The minimum Gasteiger partial charge on any atom is -0.380 e. The third-order valence-electron chi connectivity index (χ3n) is 4.51. The molecule has 23 heavy (non-hydrogen) atoms. The van der Waals surface area contributed by atoms with Crippen LogP contribution in [0.25, 0.3) is 0 Å². The summed E-state index contributed by atoms with van der Waals surface area (Å²) >= 11 is 6.04. The van der Waals surface area contributed by atoms with Crippen molar-refractivity contribution in [2.24, 2.45) is 0 Å². The molecule has 126 valence electrons. The van der Waals surface area contributed by atoms with Gasteiger partial charge in [-0.3, -0.25) is 9.69 Å². The Bertz CT molecular complexity index is 612. The zero-order valence-electron chi connectivity index (χ0n) is 13.9. The fraction of sp³-hybridized carbons (Fsp3) is 0.625. The van der Waals surface area contributed by atoms with E-state index in [9.17, 15) is 4.79 Å². The first kappa shape index (κ1) is 16.9. The van der Waals surface area contributed by atoms with E-state index in [2.05, 4.69) is 24.6 Å². The summed E-state index contributed by atoms with van der Waals surface area (Å²) in [6.45, 7) is 8.81. The Morgan fingerprint density at radius 3 is 2.87 bits per heavy atom. The van der Waals surface area contributed by atoms with Crippen molar-refractivity contribution in [1.82, 2.24) is 4.98 Å². The summed E-state index contributed by atoms with van der Waals surface area (Å²) in [4.78, 5) is 19.0. The number of carbonyl (C=O) groups excluding carboxylic acids is 1. The predicted molar refractivity (Wildman–Crippen MR) is 92.8 cm³/mol. The quantitative estimate of drug-likeness (QED) is 0.463. The largest absolute Gasteiger partial charge is 0.380 e. The molecule has 1 aromatic heterocycles. The van der Waals surface area contributed by atoms with Crippen LogP contribution in [-0.2, 0) is 19.7 Å². The van der Waals surface area contributed by atoms with Crippen molar-refractivity contribution in [3.8, 4) is 0 Å². The molecule has 7 heteroatoms. The number of ether oxygens (including phenoxy) is 2. The summed E-state index contributed by atoms with van der Waals surface area (Å²) in [7, 11) is -1.15. The van der Waals surface area contributed by atoms with Crippen LogP contribution in [0.4, 0.5) is 5.82 Å². The van der Waals surface area contributed by atoms with E-state index in [1.54, 1.807) is 11.0 Å². The molecule has 1 amide bonds. The highest BCUT2D eigenvalue weighted by molar-refractivity contribution is 6.76. The number of hydrogen-bond donors (Lipinski definition) is 0. The number of aromatic nitrogens is 1. The molecule has 2 aliphatic rings. The zero-order chi connectivity index (χ0) is 16.7. The Labute approximate surface area is 142 Å². The molecule has 1 unspecified atom stereocenters. The molecule has 0 aliphatic carbocycles. The van der Waals surface area contributed by atoms with Crippen molar-refractivity contribution in [2.45, 2.75) is 37.5 Å². The number of hydrogen-bond acceptors (Lipinski definition) is 4. The summed E-state index contributed by atoms with van der Waals surface area (Å²) in [5.74, 6) is 0.647. The third kappa shape index (κ3) is 3.17. The lowest BCUT2D eigenvalue weighted by molar-refractivity contribution is -0.124. The second-order valence-electron chi connectivity index (χ2n) is 7.47. The van der Waals surface area contributed by atoms with E-state index < -0.39 is 13.5 Å². The minimum atomic E-state index is -1.15. The van der Waals surface area contributed by atoms with E-state index in [0.717, 1.165) is 11.6 Å². The Morgan fingerprint density at radius 2 is 2.22 bits per heavy atom. The van der Waals surface area contributed by atoms with Crippen LogP contribution in [0.2, 0.25) is 30.8 Å². The molecule has 0 bridgehead atoms. The number of pyridine rings is 1. The lowest BCUT2D eigenvalue weighted by atomic mass is 9.82. The number of rotatable bonds is 5. The van der Waals surface area contributed by atoms with Gasteiger partial charge >= 0.3 is 0 Å². The molecule has 1 fully saturated rings. The Hall–Kier alpha value is -0.953. The van der Waals surface area contributed by atoms with Crippen LogP contribution >= 0.6 is 11.6 Å². The van der Waals surface area contributed by atoms with Gasteiger partial charge in [-0.25, -0.2) is 4.98 Å². The van der Waals surface area contributed by atoms with Crippen LogP contribution in [-0.4, -0.2) is 45.5 Å². The molecule has 0 saturated carbocycles. The van der Waals surface area contributed by atoms with Crippen LogP contribution in [0.3, 0.4) is 0 Å². The standard InChI is InChI=1S/C16H23ClN2O3Si/c1-23(2,3)9-8-22-11-19-14-12(4-5-13(17)18-14)16(15(19)20)6-7-21-10-16/h4-5H,6-11H2,1-3H3. The van der Waals surface area contributed by atoms with Gasteiger partial charge in [0.15, 0.2) is 0 Å². The molecule has 1 aromatic rings. The number of halogens is 1. The molecule has 1 saturated heterocycles. The number of anilines is 1. The van der Waals surface area contributed by atoms with Crippen LogP contribution in [0.15, 0.2) is 12.1 Å². The van der Waals surface area contributed by atoms with Gasteiger partial charge in [-0.2, -0.15) is 0 Å². The number of carbonyl (C=O) groups is 1. The monoisotopic (exact) mass is 354 g/mol. The van der Waals surface area contributed by atoms with Crippen LogP contribution < -0.4 is 4.90 Å². The number of amides is 1. The Kier molecular flexibility index (Phi) is 4.53. The first-order valence-electron chi connectivity index (χ1n) is 7.98. The van der Waals surface area contributed by atoms with Gasteiger partial charge in [0.2, 0.25) is 5.91 Å². The molecule has 1 spiro atoms. The summed E-state index contributed by atoms with van der Waals surface area (Å²) in [6.07, 6.45) is 0.688. The van der Waals surface area contributed by atoms with E-state index in [0.29, 0.717) is 37.2 Å². The zero-order valence-corrected chi connectivity index (χ0v) is 15.7. The van der Waals surface area contributed by atoms with Gasteiger partial charge < -0.3 is 9.47 Å². The molecule has 2 aliphatic heterocycles. The van der Waals surface area contributed by atoms with Gasteiger partial charge in [-0.05, 0) is 18.5 Å². The Morgan fingerprint density at radius 1 is 1.43 bits per heavy atom.